The van der Waals surface area contributed by atoms with E-state index in [2.05, 4.69) is 40.1 Å². The van der Waals surface area contributed by atoms with Crippen LogP contribution in [0.2, 0.25) is 0 Å². The standard InChI is InChI=1S/C23H36N2O2/c26-21(17-27-22-10-5-2-6-11-22)16-24-14-7-12-23(18-24)13-15-25(19-23)20-8-3-1-4-9-20/h1,3-4,8-9,21-22,26H,2,5-7,10-19H2. The minimum atomic E-state index is -0.353. The second kappa shape index (κ2) is 8.93. The number of rotatable bonds is 6. The summed E-state index contributed by atoms with van der Waals surface area (Å²) in [6.07, 6.45) is 10.1. The molecule has 2 aliphatic heterocycles. The predicted molar refractivity (Wildman–Crippen MR) is 110 cm³/mol. The van der Waals surface area contributed by atoms with Gasteiger partial charge in [-0.3, -0.25) is 0 Å². The molecule has 2 unspecified atom stereocenters. The fourth-order valence-electron chi connectivity index (χ4n) is 5.42. The van der Waals surface area contributed by atoms with Gasteiger partial charge in [-0.15, -0.1) is 0 Å². The van der Waals surface area contributed by atoms with Gasteiger partial charge in [-0.05, 0) is 50.8 Å². The van der Waals surface area contributed by atoms with Crippen molar-refractivity contribution in [2.45, 2.75) is 63.6 Å². The zero-order chi connectivity index (χ0) is 18.5. The van der Waals surface area contributed by atoms with Crippen molar-refractivity contribution in [3.05, 3.63) is 30.3 Å². The Labute approximate surface area is 164 Å². The third kappa shape index (κ3) is 5.04. The highest BCUT2D eigenvalue weighted by atomic mass is 16.5. The van der Waals surface area contributed by atoms with E-state index in [9.17, 15) is 5.11 Å². The van der Waals surface area contributed by atoms with Crippen LogP contribution < -0.4 is 4.90 Å². The number of aliphatic hydroxyl groups is 1. The van der Waals surface area contributed by atoms with Crippen molar-refractivity contribution in [1.82, 2.24) is 4.90 Å². The molecule has 3 fully saturated rings. The number of aliphatic hydroxyl groups excluding tert-OH is 1. The van der Waals surface area contributed by atoms with Crippen LogP contribution in [-0.2, 0) is 4.74 Å². The summed E-state index contributed by atoms with van der Waals surface area (Å²) < 4.78 is 5.99. The Morgan fingerprint density at radius 1 is 1.00 bits per heavy atom. The number of benzene rings is 1. The van der Waals surface area contributed by atoms with E-state index >= 15 is 0 Å². The van der Waals surface area contributed by atoms with E-state index in [-0.39, 0.29) is 6.10 Å². The van der Waals surface area contributed by atoms with Crippen molar-refractivity contribution in [1.29, 1.82) is 0 Å². The third-order valence-corrected chi connectivity index (χ3v) is 6.85. The minimum absolute atomic E-state index is 0.353. The average Bonchev–Trinajstić information content (AvgIpc) is 3.11. The normalized spacial score (nSPS) is 28.7. The number of ether oxygens (including phenoxy) is 1. The van der Waals surface area contributed by atoms with Crippen molar-refractivity contribution in [2.24, 2.45) is 5.41 Å². The van der Waals surface area contributed by atoms with Gasteiger partial charge in [-0.2, -0.15) is 0 Å². The number of anilines is 1. The Balaban J connectivity index is 1.25. The van der Waals surface area contributed by atoms with Gasteiger partial charge in [0.15, 0.2) is 0 Å². The maximum Gasteiger partial charge on any atom is 0.0900 e. The Morgan fingerprint density at radius 2 is 1.81 bits per heavy atom. The van der Waals surface area contributed by atoms with Crippen LogP contribution in [0.25, 0.3) is 0 Å². The molecule has 1 aliphatic carbocycles. The van der Waals surface area contributed by atoms with Crippen LogP contribution in [0.4, 0.5) is 5.69 Å². The average molecular weight is 373 g/mol. The quantitative estimate of drug-likeness (QED) is 0.826. The van der Waals surface area contributed by atoms with Crippen molar-refractivity contribution in [3.8, 4) is 0 Å². The van der Waals surface area contributed by atoms with Gasteiger partial charge >= 0.3 is 0 Å². The van der Waals surface area contributed by atoms with Gasteiger partial charge in [0.25, 0.3) is 0 Å². The first-order valence-corrected chi connectivity index (χ1v) is 11.0. The Hall–Kier alpha value is -1.10. The largest absolute Gasteiger partial charge is 0.389 e. The number of nitrogens with zero attached hydrogens (tertiary/aromatic N) is 2. The monoisotopic (exact) mass is 372 g/mol. The molecule has 2 heterocycles. The molecule has 0 aromatic heterocycles. The number of β-amino-alcohol motifs (C(OH)–C–C–N with tert-alkyl or cyclic N) is 1. The molecule has 4 rings (SSSR count). The van der Waals surface area contributed by atoms with Gasteiger partial charge < -0.3 is 19.6 Å². The highest BCUT2D eigenvalue weighted by molar-refractivity contribution is 5.47. The Bertz CT molecular complexity index is 575. The molecule has 2 saturated heterocycles. The lowest BCUT2D eigenvalue weighted by molar-refractivity contribution is -0.0400. The predicted octanol–water partition coefficient (Wildman–Crippen LogP) is 3.69. The Morgan fingerprint density at radius 3 is 2.63 bits per heavy atom. The van der Waals surface area contributed by atoms with Crippen LogP contribution >= 0.6 is 0 Å². The molecule has 1 N–H and O–H groups in total. The van der Waals surface area contributed by atoms with Crippen LogP contribution in [-0.4, -0.2) is 61.5 Å². The van der Waals surface area contributed by atoms with Crippen molar-refractivity contribution >= 4 is 5.69 Å². The summed E-state index contributed by atoms with van der Waals surface area (Å²) in [6, 6.07) is 10.8. The minimum Gasteiger partial charge on any atom is -0.389 e. The molecule has 1 aromatic carbocycles. The fraction of sp³-hybridized carbons (Fsp3) is 0.739. The van der Waals surface area contributed by atoms with Crippen molar-refractivity contribution in [3.63, 3.8) is 0 Å². The van der Waals surface area contributed by atoms with E-state index in [1.165, 1.54) is 57.1 Å². The van der Waals surface area contributed by atoms with Crippen LogP contribution in [0.5, 0.6) is 0 Å². The summed E-state index contributed by atoms with van der Waals surface area (Å²) in [4.78, 5) is 5.04. The summed E-state index contributed by atoms with van der Waals surface area (Å²) in [5.74, 6) is 0. The molecule has 0 radical (unpaired) electrons. The van der Waals surface area contributed by atoms with Gasteiger partial charge in [-0.25, -0.2) is 0 Å². The lowest BCUT2D eigenvalue weighted by Gasteiger charge is -2.41. The SMILES string of the molecule is OC(COC1CCCCC1)CN1CCCC2(CCN(c3ccccc3)C2)C1. The molecule has 150 valence electrons. The molecular formula is C23H36N2O2. The summed E-state index contributed by atoms with van der Waals surface area (Å²) in [5.41, 5.74) is 1.75. The fourth-order valence-corrected chi connectivity index (χ4v) is 5.42. The van der Waals surface area contributed by atoms with E-state index < -0.39 is 0 Å². The molecule has 0 bridgehead atoms. The first kappa shape index (κ1) is 19.2. The number of para-hydroxylation sites is 1. The summed E-state index contributed by atoms with van der Waals surface area (Å²) in [7, 11) is 0. The van der Waals surface area contributed by atoms with Gasteiger partial charge in [0.1, 0.15) is 0 Å². The van der Waals surface area contributed by atoms with Gasteiger partial charge in [0.05, 0.1) is 18.8 Å². The lowest BCUT2D eigenvalue weighted by Crippen LogP contribution is -2.48. The van der Waals surface area contributed by atoms with Gasteiger partial charge in [-0.1, -0.05) is 37.5 Å². The number of piperidine rings is 1. The highest BCUT2D eigenvalue weighted by Gasteiger charge is 2.41. The van der Waals surface area contributed by atoms with Gasteiger partial charge in [0, 0.05) is 37.3 Å². The van der Waals surface area contributed by atoms with Crippen LogP contribution in [0.1, 0.15) is 51.4 Å². The molecule has 2 atom stereocenters. The van der Waals surface area contributed by atoms with Crippen molar-refractivity contribution < 1.29 is 9.84 Å². The number of likely N-dealkylation sites (tertiary alicyclic amines) is 1. The molecule has 3 aliphatic rings. The second-order valence-corrected chi connectivity index (χ2v) is 9.09. The van der Waals surface area contributed by atoms with Crippen LogP contribution in [0.15, 0.2) is 30.3 Å². The second-order valence-electron chi connectivity index (χ2n) is 9.09. The lowest BCUT2D eigenvalue weighted by atomic mass is 9.79. The number of hydrogen-bond donors (Lipinski definition) is 1. The zero-order valence-corrected chi connectivity index (χ0v) is 16.7. The first-order chi connectivity index (χ1) is 13.2. The smallest absolute Gasteiger partial charge is 0.0900 e. The van der Waals surface area contributed by atoms with E-state index in [1.807, 2.05) is 0 Å². The highest BCUT2D eigenvalue weighted by Crippen LogP contribution is 2.40. The van der Waals surface area contributed by atoms with E-state index in [0.717, 1.165) is 32.7 Å². The third-order valence-electron chi connectivity index (χ3n) is 6.85. The van der Waals surface area contributed by atoms with Gasteiger partial charge in [0.2, 0.25) is 0 Å². The van der Waals surface area contributed by atoms with E-state index in [1.54, 1.807) is 0 Å². The molecule has 1 spiro atoms. The Kier molecular flexibility index (Phi) is 6.36. The number of hydrogen-bond acceptors (Lipinski definition) is 4. The summed E-state index contributed by atoms with van der Waals surface area (Å²) >= 11 is 0. The van der Waals surface area contributed by atoms with Crippen LogP contribution in [0.3, 0.4) is 0 Å². The van der Waals surface area contributed by atoms with E-state index in [4.69, 9.17) is 4.74 Å². The topological polar surface area (TPSA) is 35.9 Å². The molecule has 1 saturated carbocycles. The van der Waals surface area contributed by atoms with Crippen LogP contribution in [0, 0.1) is 5.41 Å². The molecule has 1 aromatic rings. The molecule has 4 heteroatoms. The summed E-state index contributed by atoms with van der Waals surface area (Å²) in [5, 5.41) is 10.5. The molecular weight excluding hydrogens is 336 g/mol. The summed E-state index contributed by atoms with van der Waals surface area (Å²) in [6.45, 7) is 5.82. The van der Waals surface area contributed by atoms with Crippen molar-refractivity contribution in [2.75, 3.05) is 44.2 Å². The van der Waals surface area contributed by atoms with E-state index in [0.29, 0.717) is 18.1 Å². The molecule has 27 heavy (non-hydrogen) atoms. The zero-order valence-electron chi connectivity index (χ0n) is 16.7. The molecule has 0 amide bonds. The maximum absolute atomic E-state index is 10.5. The molecule has 4 nitrogen and oxygen atoms in total. The maximum atomic E-state index is 10.5. The first-order valence-electron chi connectivity index (χ1n) is 11.0.